The molecule has 0 fully saturated rings. The zero-order chi connectivity index (χ0) is 13.8. The number of thiophene rings is 1. The van der Waals surface area contributed by atoms with Crippen LogP contribution >= 0.6 is 11.3 Å². The minimum atomic E-state index is 0.608. The Hall–Kier alpha value is -1.40. The number of nitrogens with one attached hydrogen (secondary N) is 1. The monoisotopic (exact) mass is 280 g/mol. The number of aromatic nitrogens is 2. The van der Waals surface area contributed by atoms with Gasteiger partial charge in [0.25, 0.3) is 0 Å². The third kappa shape index (κ3) is 3.54. The van der Waals surface area contributed by atoms with Gasteiger partial charge in [-0.1, -0.05) is 0 Å². The normalized spacial score (nSPS) is 11.2. The lowest BCUT2D eigenvalue weighted by atomic mass is 10.3. The predicted molar refractivity (Wildman–Crippen MR) is 80.4 cm³/mol. The number of anilines is 1. The van der Waals surface area contributed by atoms with Crippen molar-refractivity contribution in [3.63, 3.8) is 0 Å². The van der Waals surface area contributed by atoms with Crippen LogP contribution in [-0.4, -0.2) is 49.2 Å². The molecule has 0 radical (unpaired) electrons. The van der Waals surface area contributed by atoms with Gasteiger partial charge >= 0.3 is 0 Å². The van der Waals surface area contributed by atoms with Crippen molar-refractivity contribution in [1.82, 2.24) is 14.9 Å². The molecule has 0 aliphatic carbocycles. The van der Waals surface area contributed by atoms with Gasteiger partial charge in [-0.2, -0.15) is 4.98 Å². The third-order valence-electron chi connectivity index (χ3n) is 2.69. The second-order valence-corrected chi connectivity index (χ2v) is 5.92. The van der Waals surface area contributed by atoms with Crippen LogP contribution in [-0.2, 0) is 0 Å². The average molecular weight is 280 g/mol. The van der Waals surface area contributed by atoms with E-state index in [0.717, 1.165) is 23.2 Å². The van der Waals surface area contributed by atoms with Gasteiger partial charge in [-0.3, -0.25) is 0 Å². The summed E-state index contributed by atoms with van der Waals surface area (Å²) < 4.78 is 5.81. The molecule has 2 aromatic heterocycles. The van der Waals surface area contributed by atoms with Crippen LogP contribution in [0.1, 0.15) is 11.3 Å². The van der Waals surface area contributed by atoms with Gasteiger partial charge in [0.1, 0.15) is 4.83 Å². The van der Waals surface area contributed by atoms with E-state index in [0.29, 0.717) is 18.4 Å². The number of aryl methyl sites for hydroxylation is 1. The largest absolute Gasteiger partial charge is 0.477 e. The number of nitrogens with zero attached hydrogens (tertiary/aromatic N) is 3. The van der Waals surface area contributed by atoms with Crippen molar-refractivity contribution in [2.75, 3.05) is 39.6 Å². The molecule has 0 unspecified atom stereocenters. The maximum atomic E-state index is 5.81. The number of ether oxygens (including phenoxy) is 1. The first-order chi connectivity index (χ1) is 9.10. The first kappa shape index (κ1) is 14.0. The summed E-state index contributed by atoms with van der Waals surface area (Å²) >= 11 is 1.66. The topological polar surface area (TPSA) is 50.3 Å². The van der Waals surface area contributed by atoms with Gasteiger partial charge in [-0.05, 0) is 33.5 Å². The van der Waals surface area contributed by atoms with Crippen molar-refractivity contribution in [1.29, 1.82) is 0 Å². The van der Waals surface area contributed by atoms with E-state index < -0.39 is 0 Å². The molecular formula is C13H20N4OS. The lowest BCUT2D eigenvalue weighted by Gasteiger charge is -2.11. The Morgan fingerprint density at radius 2 is 2.16 bits per heavy atom. The van der Waals surface area contributed by atoms with E-state index in [1.165, 1.54) is 4.88 Å². The molecule has 0 spiro atoms. The summed E-state index contributed by atoms with van der Waals surface area (Å²) in [6.45, 7) is 3.75. The quantitative estimate of drug-likeness (QED) is 0.823. The molecule has 2 heterocycles. The summed E-state index contributed by atoms with van der Waals surface area (Å²) in [5.74, 6) is 1.29. The molecule has 2 rings (SSSR count). The van der Waals surface area contributed by atoms with E-state index in [1.54, 1.807) is 11.3 Å². The lowest BCUT2D eigenvalue weighted by Crippen LogP contribution is -2.15. The minimum absolute atomic E-state index is 0.608. The van der Waals surface area contributed by atoms with E-state index in [-0.39, 0.29) is 0 Å². The van der Waals surface area contributed by atoms with Crippen molar-refractivity contribution in [2.45, 2.75) is 13.3 Å². The Balaban J connectivity index is 2.15. The van der Waals surface area contributed by atoms with Gasteiger partial charge in [0.2, 0.25) is 11.8 Å². The molecule has 0 saturated heterocycles. The molecule has 19 heavy (non-hydrogen) atoms. The minimum Gasteiger partial charge on any atom is -0.477 e. The predicted octanol–water partition coefficient (Wildman–Crippen LogP) is 2.37. The van der Waals surface area contributed by atoms with E-state index in [9.17, 15) is 0 Å². The Kier molecular flexibility index (Phi) is 4.55. The molecule has 104 valence electrons. The number of fused-ring (bicyclic) bond motifs is 1. The van der Waals surface area contributed by atoms with Crippen LogP contribution in [0.25, 0.3) is 10.2 Å². The van der Waals surface area contributed by atoms with Crippen LogP contribution in [0.15, 0.2) is 6.07 Å². The maximum Gasteiger partial charge on any atom is 0.227 e. The smallest absolute Gasteiger partial charge is 0.227 e. The molecule has 0 aliphatic heterocycles. The van der Waals surface area contributed by atoms with E-state index in [4.69, 9.17) is 4.74 Å². The van der Waals surface area contributed by atoms with Crippen LogP contribution in [0.5, 0.6) is 5.88 Å². The highest BCUT2D eigenvalue weighted by molar-refractivity contribution is 7.18. The zero-order valence-electron chi connectivity index (χ0n) is 11.9. The number of hydrogen-bond donors (Lipinski definition) is 1. The Bertz CT molecular complexity index is 553. The summed E-state index contributed by atoms with van der Waals surface area (Å²) in [5, 5.41) is 3.98. The van der Waals surface area contributed by atoms with Crippen LogP contribution in [0.2, 0.25) is 0 Å². The second kappa shape index (κ2) is 6.16. The van der Waals surface area contributed by atoms with Crippen LogP contribution in [0.4, 0.5) is 5.95 Å². The van der Waals surface area contributed by atoms with E-state index in [1.807, 2.05) is 7.05 Å². The number of rotatable bonds is 6. The summed E-state index contributed by atoms with van der Waals surface area (Å²) in [4.78, 5) is 13.2. The molecule has 2 aromatic rings. The molecule has 5 nitrogen and oxygen atoms in total. The lowest BCUT2D eigenvalue weighted by molar-refractivity contribution is 0.276. The van der Waals surface area contributed by atoms with Crippen molar-refractivity contribution < 1.29 is 4.74 Å². The fourth-order valence-corrected chi connectivity index (χ4v) is 2.66. The molecule has 1 N–H and O–H groups in total. The van der Waals surface area contributed by atoms with Gasteiger partial charge in [0.15, 0.2) is 0 Å². The molecule has 0 amide bonds. The molecule has 0 aromatic carbocycles. The van der Waals surface area contributed by atoms with E-state index >= 15 is 0 Å². The summed E-state index contributed by atoms with van der Waals surface area (Å²) in [6.07, 6.45) is 0.983. The molecular weight excluding hydrogens is 260 g/mol. The van der Waals surface area contributed by atoms with E-state index in [2.05, 4.69) is 47.3 Å². The van der Waals surface area contributed by atoms with Gasteiger partial charge < -0.3 is 15.0 Å². The Morgan fingerprint density at radius 3 is 2.84 bits per heavy atom. The first-order valence-electron chi connectivity index (χ1n) is 6.33. The fraction of sp³-hybridized carbons (Fsp3) is 0.538. The molecule has 0 saturated carbocycles. The Morgan fingerprint density at radius 1 is 1.37 bits per heavy atom. The van der Waals surface area contributed by atoms with Crippen LogP contribution in [0.3, 0.4) is 0 Å². The molecule has 0 atom stereocenters. The SMILES string of the molecule is CNc1nc(OCCCN(C)C)c2cc(C)sc2n1. The number of hydrogen-bond acceptors (Lipinski definition) is 6. The Labute approximate surface area is 117 Å². The summed E-state index contributed by atoms with van der Waals surface area (Å²) in [6, 6.07) is 2.08. The van der Waals surface area contributed by atoms with Crippen molar-refractivity contribution in [2.24, 2.45) is 0 Å². The zero-order valence-corrected chi connectivity index (χ0v) is 12.7. The summed E-state index contributed by atoms with van der Waals surface area (Å²) in [7, 11) is 5.94. The van der Waals surface area contributed by atoms with Gasteiger partial charge in [-0.25, -0.2) is 4.98 Å². The molecule has 0 bridgehead atoms. The van der Waals surface area contributed by atoms with Gasteiger partial charge in [0, 0.05) is 18.5 Å². The highest BCUT2D eigenvalue weighted by atomic mass is 32.1. The standard InChI is InChI=1S/C13H20N4OS/c1-9-8-10-11(18-7-5-6-17(3)4)15-13(14-2)16-12(10)19-9/h8H,5-7H2,1-4H3,(H,14,15,16). The van der Waals surface area contributed by atoms with Crippen molar-refractivity contribution >= 4 is 27.5 Å². The third-order valence-corrected chi connectivity index (χ3v) is 3.64. The first-order valence-corrected chi connectivity index (χ1v) is 7.15. The molecule has 0 aliphatic rings. The van der Waals surface area contributed by atoms with Crippen LogP contribution in [0, 0.1) is 6.92 Å². The van der Waals surface area contributed by atoms with Crippen LogP contribution < -0.4 is 10.1 Å². The van der Waals surface area contributed by atoms with Crippen molar-refractivity contribution in [3.8, 4) is 5.88 Å². The maximum absolute atomic E-state index is 5.81. The highest BCUT2D eigenvalue weighted by Gasteiger charge is 2.11. The summed E-state index contributed by atoms with van der Waals surface area (Å²) in [5.41, 5.74) is 0. The highest BCUT2D eigenvalue weighted by Crippen LogP contribution is 2.30. The fourth-order valence-electron chi connectivity index (χ4n) is 1.79. The van der Waals surface area contributed by atoms with Gasteiger partial charge in [0.05, 0.1) is 12.0 Å². The second-order valence-electron chi connectivity index (χ2n) is 4.68. The average Bonchev–Trinajstić information content (AvgIpc) is 2.74. The molecule has 6 heteroatoms. The van der Waals surface area contributed by atoms with Gasteiger partial charge in [-0.15, -0.1) is 11.3 Å². The van der Waals surface area contributed by atoms with Crippen molar-refractivity contribution in [3.05, 3.63) is 10.9 Å².